The fourth-order valence-electron chi connectivity index (χ4n) is 2.65. The van der Waals surface area contributed by atoms with Gasteiger partial charge in [0, 0.05) is 10.2 Å². The fourth-order valence-corrected chi connectivity index (χ4v) is 5.12. The summed E-state index contributed by atoms with van der Waals surface area (Å²) in [6, 6.07) is 16.3. The number of hydrogen-bond donors (Lipinski definition) is 2. The summed E-state index contributed by atoms with van der Waals surface area (Å²) in [6.07, 6.45) is 0. The molecule has 2 aromatic carbocycles. The van der Waals surface area contributed by atoms with Crippen molar-refractivity contribution in [3.05, 3.63) is 70.0 Å². The van der Waals surface area contributed by atoms with Gasteiger partial charge in [0.05, 0.1) is 11.0 Å². The van der Waals surface area contributed by atoms with E-state index in [1.54, 1.807) is 23.6 Å². The van der Waals surface area contributed by atoms with Crippen LogP contribution in [-0.2, 0) is 10.0 Å². The molecule has 0 aliphatic heterocycles. The second-order valence-corrected chi connectivity index (χ2v) is 9.80. The Labute approximate surface area is 174 Å². The average molecular weight is 475 g/mol. The largest absolute Gasteiger partial charge is 0.337 e. The van der Waals surface area contributed by atoms with Crippen LogP contribution in [0.15, 0.2) is 68.7 Å². The van der Waals surface area contributed by atoms with Crippen molar-refractivity contribution in [2.24, 2.45) is 0 Å². The van der Waals surface area contributed by atoms with Gasteiger partial charge in [0.2, 0.25) is 0 Å². The maximum Gasteiger partial charge on any atom is 0.272 e. The minimum Gasteiger partial charge on any atom is -0.337 e. The molecule has 4 aromatic rings. The summed E-state index contributed by atoms with van der Waals surface area (Å²) >= 11 is 4.59. The van der Waals surface area contributed by atoms with Crippen molar-refractivity contribution in [3.8, 4) is 0 Å². The number of anilines is 3. The van der Waals surface area contributed by atoms with Gasteiger partial charge in [-0.2, -0.15) is 0 Å². The number of rotatable bonds is 5. The third-order valence-corrected chi connectivity index (χ3v) is 7.23. The first-order valence-corrected chi connectivity index (χ1v) is 11.4. The van der Waals surface area contributed by atoms with E-state index in [1.165, 1.54) is 0 Å². The van der Waals surface area contributed by atoms with Crippen LogP contribution in [0.25, 0.3) is 11.0 Å². The lowest BCUT2D eigenvalue weighted by Gasteiger charge is -2.14. The van der Waals surface area contributed by atoms with Gasteiger partial charge in [-0.25, -0.2) is 18.4 Å². The molecule has 0 aliphatic rings. The maximum absolute atomic E-state index is 12.7. The summed E-state index contributed by atoms with van der Waals surface area (Å²) in [6.45, 7) is 1.96. The van der Waals surface area contributed by atoms with Crippen LogP contribution in [0.1, 0.15) is 5.56 Å². The molecule has 6 nitrogen and oxygen atoms in total. The minimum absolute atomic E-state index is 0.148. The Hall–Kier alpha value is -2.49. The van der Waals surface area contributed by atoms with E-state index < -0.39 is 10.0 Å². The number of halogens is 1. The summed E-state index contributed by atoms with van der Waals surface area (Å²) in [5, 5.41) is 4.92. The molecule has 0 radical (unpaired) electrons. The second-order valence-electron chi connectivity index (χ2n) is 6.03. The molecule has 0 fully saturated rings. The average Bonchev–Trinajstić information content (AvgIpc) is 3.20. The van der Waals surface area contributed by atoms with Gasteiger partial charge < -0.3 is 5.32 Å². The van der Waals surface area contributed by atoms with Crippen molar-refractivity contribution in [2.45, 2.75) is 11.1 Å². The molecule has 0 amide bonds. The Balaban J connectivity index is 1.80. The zero-order valence-corrected chi connectivity index (χ0v) is 17.9. The first-order chi connectivity index (χ1) is 13.4. The molecule has 28 heavy (non-hydrogen) atoms. The Morgan fingerprint density at radius 2 is 1.68 bits per heavy atom. The van der Waals surface area contributed by atoms with Crippen molar-refractivity contribution in [2.75, 3.05) is 10.0 Å². The van der Waals surface area contributed by atoms with Gasteiger partial charge in [-0.05, 0) is 54.3 Å². The third-order valence-electron chi connectivity index (χ3n) is 4.00. The van der Waals surface area contributed by atoms with E-state index >= 15 is 0 Å². The van der Waals surface area contributed by atoms with E-state index in [-0.39, 0.29) is 10.0 Å². The standard InChI is InChI=1S/C19H15BrN4O2S2/c1-12-11-13(20)8-9-14(12)21-18-19(23-16-6-3-2-5-15(16)22-18)24-28(25,26)17-7-4-10-27-17/h2-11H,1H3,(H,21,22)(H,23,24). The first kappa shape index (κ1) is 18.9. The molecule has 2 heterocycles. The van der Waals surface area contributed by atoms with Crippen LogP contribution in [0.2, 0.25) is 0 Å². The monoisotopic (exact) mass is 474 g/mol. The Morgan fingerprint density at radius 3 is 2.32 bits per heavy atom. The number of aryl methyl sites for hydroxylation is 1. The van der Waals surface area contributed by atoms with Gasteiger partial charge in [-0.1, -0.05) is 34.1 Å². The third kappa shape index (κ3) is 3.87. The van der Waals surface area contributed by atoms with Crippen LogP contribution in [0.4, 0.5) is 17.3 Å². The SMILES string of the molecule is Cc1cc(Br)ccc1Nc1nc2ccccc2nc1NS(=O)(=O)c1cccs1. The van der Waals surface area contributed by atoms with Gasteiger partial charge in [-0.15, -0.1) is 11.3 Å². The topological polar surface area (TPSA) is 84.0 Å². The van der Waals surface area contributed by atoms with Crippen molar-refractivity contribution >= 4 is 65.6 Å². The van der Waals surface area contributed by atoms with Crippen LogP contribution in [-0.4, -0.2) is 18.4 Å². The van der Waals surface area contributed by atoms with Crippen LogP contribution in [0, 0.1) is 6.92 Å². The zero-order chi connectivity index (χ0) is 19.7. The summed E-state index contributed by atoms with van der Waals surface area (Å²) in [5.41, 5.74) is 3.06. The molecule has 0 spiro atoms. The van der Waals surface area contributed by atoms with Gasteiger partial charge in [0.1, 0.15) is 4.21 Å². The first-order valence-electron chi connectivity index (χ1n) is 8.29. The van der Waals surface area contributed by atoms with Gasteiger partial charge >= 0.3 is 0 Å². The lowest BCUT2D eigenvalue weighted by atomic mass is 10.2. The van der Waals surface area contributed by atoms with Crippen LogP contribution in [0.3, 0.4) is 0 Å². The molecule has 0 aliphatic carbocycles. The van der Waals surface area contributed by atoms with E-state index in [4.69, 9.17) is 0 Å². The lowest BCUT2D eigenvalue weighted by Crippen LogP contribution is -2.15. The summed E-state index contributed by atoms with van der Waals surface area (Å²) in [7, 11) is -3.75. The number of fused-ring (bicyclic) bond motifs is 1. The van der Waals surface area contributed by atoms with Crippen molar-refractivity contribution in [3.63, 3.8) is 0 Å². The Kier molecular flexibility index (Phi) is 5.05. The second kappa shape index (κ2) is 7.50. The molecule has 0 unspecified atom stereocenters. The minimum atomic E-state index is -3.75. The van der Waals surface area contributed by atoms with Crippen molar-refractivity contribution in [1.82, 2.24) is 9.97 Å². The van der Waals surface area contributed by atoms with Gasteiger partial charge in [0.25, 0.3) is 10.0 Å². The number of nitrogens with one attached hydrogen (secondary N) is 2. The fraction of sp³-hybridized carbons (Fsp3) is 0.0526. The lowest BCUT2D eigenvalue weighted by molar-refractivity contribution is 0.603. The smallest absolute Gasteiger partial charge is 0.272 e. The summed E-state index contributed by atoms with van der Waals surface area (Å²) < 4.78 is 29.2. The predicted molar refractivity (Wildman–Crippen MR) is 117 cm³/mol. The van der Waals surface area contributed by atoms with E-state index in [1.807, 2.05) is 43.3 Å². The summed E-state index contributed by atoms with van der Waals surface area (Å²) in [5.74, 6) is 0.485. The normalized spacial score (nSPS) is 11.5. The van der Waals surface area contributed by atoms with Gasteiger partial charge in [-0.3, -0.25) is 4.72 Å². The molecule has 0 atom stereocenters. The number of thiophene rings is 1. The van der Waals surface area contributed by atoms with Crippen molar-refractivity contribution in [1.29, 1.82) is 0 Å². The van der Waals surface area contributed by atoms with Crippen LogP contribution < -0.4 is 10.0 Å². The highest BCUT2D eigenvalue weighted by Crippen LogP contribution is 2.30. The molecular formula is C19H15BrN4O2S2. The van der Waals surface area contributed by atoms with E-state index in [9.17, 15) is 8.42 Å². The molecule has 4 rings (SSSR count). The van der Waals surface area contributed by atoms with E-state index in [0.29, 0.717) is 16.9 Å². The van der Waals surface area contributed by atoms with Crippen molar-refractivity contribution < 1.29 is 8.42 Å². The Bertz CT molecular complexity index is 1260. The predicted octanol–water partition coefficient (Wildman–Crippen LogP) is 5.31. The Morgan fingerprint density at radius 1 is 0.964 bits per heavy atom. The molecule has 0 bridgehead atoms. The highest BCUT2D eigenvalue weighted by Gasteiger charge is 2.20. The molecule has 0 saturated heterocycles. The molecule has 0 saturated carbocycles. The molecule has 2 aromatic heterocycles. The number of aromatic nitrogens is 2. The molecule has 9 heteroatoms. The molecule has 2 N–H and O–H groups in total. The quantitative estimate of drug-likeness (QED) is 0.409. The number of para-hydroxylation sites is 2. The van der Waals surface area contributed by atoms with E-state index in [2.05, 4.69) is 35.9 Å². The maximum atomic E-state index is 12.7. The molecule has 142 valence electrons. The highest BCUT2D eigenvalue weighted by molar-refractivity contribution is 9.10. The van der Waals surface area contributed by atoms with Crippen LogP contribution in [0.5, 0.6) is 0 Å². The highest BCUT2D eigenvalue weighted by atomic mass is 79.9. The summed E-state index contributed by atoms with van der Waals surface area (Å²) in [4.78, 5) is 9.08. The zero-order valence-electron chi connectivity index (χ0n) is 14.7. The number of nitrogens with zero attached hydrogens (tertiary/aromatic N) is 2. The molecular weight excluding hydrogens is 460 g/mol. The van der Waals surface area contributed by atoms with Gasteiger partial charge in [0.15, 0.2) is 11.6 Å². The van der Waals surface area contributed by atoms with Crippen LogP contribution >= 0.6 is 27.3 Å². The number of hydrogen-bond acceptors (Lipinski definition) is 6. The number of benzene rings is 2. The van der Waals surface area contributed by atoms with E-state index in [0.717, 1.165) is 27.1 Å². The number of sulfonamides is 1.